The van der Waals surface area contributed by atoms with Crippen LogP contribution in [0.3, 0.4) is 0 Å². The van der Waals surface area contributed by atoms with Crippen molar-refractivity contribution in [3.05, 3.63) is 29.8 Å². The molecule has 0 atom stereocenters. The zero-order valence-electron chi connectivity index (χ0n) is 11.5. The minimum Gasteiger partial charge on any atom is -0.389 e. The molecule has 5 heteroatoms. The highest BCUT2D eigenvalue weighted by molar-refractivity contribution is 7.80. The Kier molecular flexibility index (Phi) is 5.44. The molecule has 19 heavy (non-hydrogen) atoms. The van der Waals surface area contributed by atoms with Crippen molar-refractivity contribution in [3.8, 4) is 0 Å². The van der Waals surface area contributed by atoms with Gasteiger partial charge < -0.3 is 15.8 Å². The highest BCUT2D eigenvalue weighted by Crippen LogP contribution is 2.16. The molecule has 0 fully saturated rings. The van der Waals surface area contributed by atoms with Gasteiger partial charge in [-0.3, -0.25) is 4.79 Å². The van der Waals surface area contributed by atoms with E-state index in [9.17, 15) is 4.79 Å². The molecule has 0 bridgehead atoms. The quantitative estimate of drug-likeness (QED) is 0.786. The predicted octanol–water partition coefficient (Wildman–Crippen LogP) is 2.46. The number of amides is 1. The molecule has 0 heterocycles. The first-order chi connectivity index (χ1) is 8.85. The van der Waals surface area contributed by atoms with Crippen LogP contribution in [-0.2, 0) is 9.53 Å². The van der Waals surface area contributed by atoms with Crippen molar-refractivity contribution < 1.29 is 9.53 Å². The molecule has 3 N–H and O–H groups in total. The van der Waals surface area contributed by atoms with E-state index in [1.54, 1.807) is 12.1 Å². The first kappa shape index (κ1) is 15.6. The smallest absolute Gasteiger partial charge is 0.250 e. The summed E-state index contributed by atoms with van der Waals surface area (Å²) in [6, 6.07) is 7.17. The largest absolute Gasteiger partial charge is 0.389 e. The number of rotatable bonds is 6. The molecule has 0 aliphatic heterocycles. The van der Waals surface area contributed by atoms with Gasteiger partial charge in [-0.1, -0.05) is 31.3 Å². The third kappa shape index (κ3) is 4.96. The number of hydrogen-bond donors (Lipinski definition) is 2. The summed E-state index contributed by atoms with van der Waals surface area (Å²) in [5.74, 6) is -0.217. The fourth-order valence-corrected chi connectivity index (χ4v) is 1.53. The molecule has 0 aliphatic carbocycles. The number of hydrogen-bond acceptors (Lipinski definition) is 3. The van der Waals surface area contributed by atoms with E-state index in [0.29, 0.717) is 11.3 Å². The van der Waals surface area contributed by atoms with Gasteiger partial charge in [0.05, 0.1) is 11.3 Å². The number of thiocarbonyl (C=S) groups is 1. The Morgan fingerprint density at radius 3 is 2.63 bits per heavy atom. The van der Waals surface area contributed by atoms with Gasteiger partial charge in [0.25, 0.3) is 0 Å². The molecule has 0 aromatic heterocycles. The van der Waals surface area contributed by atoms with Crippen LogP contribution >= 0.6 is 12.2 Å². The van der Waals surface area contributed by atoms with E-state index < -0.39 is 0 Å². The normalized spacial score (nSPS) is 11.1. The predicted molar refractivity (Wildman–Crippen MR) is 81.3 cm³/mol. The highest BCUT2D eigenvalue weighted by atomic mass is 32.1. The third-order valence-electron chi connectivity index (χ3n) is 2.91. The first-order valence-corrected chi connectivity index (χ1v) is 6.59. The van der Waals surface area contributed by atoms with E-state index in [4.69, 9.17) is 22.7 Å². The average Bonchev–Trinajstić information content (AvgIpc) is 2.37. The van der Waals surface area contributed by atoms with Crippen molar-refractivity contribution >= 4 is 28.8 Å². The minimum atomic E-state index is -0.306. The van der Waals surface area contributed by atoms with Crippen LogP contribution in [0, 0.1) is 0 Å². The number of carbonyl (C=O) groups excluding carboxylic acids is 1. The van der Waals surface area contributed by atoms with Crippen molar-refractivity contribution in [3.63, 3.8) is 0 Å². The monoisotopic (exact) mass is 280 g/mol. The fourth-order valence-electron chi connectivity index (χ4n) is 1.36. The van der Waals surface area contributed by atoms with Crippen LogP contribution < -0.4 is 11.1 Å². The Hall–Kier alpha value is -1.46. The van der Waals surface area contributed by atoms with E-state index in [1.807, 2.05) is 32.9 Å². The molecule has 0 saturated carbocycles. The molecule has 1 aromatic carbocycles. The van der Waals surface area contributed by atoms with Gasteiger partial charge in [-0.05, 0) is 32.4 Å². The zero-order valence-corrected chi connectivity index (χ0v) is 12.3. The van der Waals surface area contributed by atoms with E-state index in [-0.39, 0.29) is 23.1 Å². The molecule has 0 unspecified atom stereocenters. The number of nitrogens with two attached hydrogens (primary N) is 1. The molecule has 1 amide bonds. The molecule has 4 nitrogen and oxygen atoms in total. The second-order valence-electron chi connectivity index (χ2n) is 4.86. The van der Waals surface area contributed by atoms with Crippen LogP contribution in [0.1, 0.15) is 32.8 Å². The maximum atomic E-state index is 11.8. The molecular formula is C14H20N2O2S. The van der Waals surface area contributed by atoms with Crippen LogP contribution in [0.2, 0.25) is 0 Å². The molecule has 0 aliphatic rings. The van der Waals surface area contributed by atoms with Crippen molar-refractivity contribution in [2.24, 2.45) is 5.73 Å². The van der Waals surface area contributed by atoms with Gasteiger partial charge in [0.2, 0.25) is 5.91 Å². The van der Waals surface area contributed by atoms with Gasteiger partial charge >= 0.3 is 0 Å². The van der Waals surface area contributed by atoms with Crippen LogP contribution in [0.15, 0.2) is 24.3 Å². The summed E-state index contributed by atoms with van der Waals surface area (Å²) in [5, 5.41) is 2.76. The van der Waals surface area contributed by atoms with Gasteiger partial charge in [0.1, 0.15) is 11.6 Å². The van der Waals surface area contributed by atoms with Gasteiger partial charge in [-0.25, -0.2) is 0 Å². The summed E-state index contributed by atoms with van der Waals surface area (Å²) >= 11 is 4.94. The van der Waals surface area contributed by atoms with Gasteiger partial charge in [0, 0.05) is 5.56 Å². The Morgan fingerprint density at radius 1 is 1.42 bits per heavy atom. The van der Waals surface area contributed by atoms with E-state index in [2.05, 4.69) is 5.32 Å². The number of para-hydroxylation sites is 1. The van der Waals surface area contributed by atoms with Crippen molar-refractivity contribution in [2.45, 2.75) is 32.8 Å². The highest BCUT2D eigenvalue weighted by Gasteiger charge is 2.17. The minimum absolute atomic E-state index is 0.00646. The molecular weight excluding hydrogens is 260 g/mol. The van der Waals surface area contributed by atoms with Crippen molar-refractivity contribution in [1.82, 2.24) is 0 Å². The number of nitrogens with one attached hydrogen (secondary N) is 1. The van der Waals surface area contributed by atoms with Crippen LogP contribution in [0.25, 0.3) is 0 Å². The van der Waals surface area contributed by atoms with Crippen LogP contribution in [0.4, 0.5) is 5.69 Å². The van der Waals surface area contributed by atoms with Gasteiger partial charge in [-0.2, -0.15) is 0 Å². The lowest BCUT2D eigenvalue weighted by atomic mass is 10.1. The SMILES string of the molecule is CCC(C)(C)OCC(=O)Nc1ccccc1C(N)=S. The lowest BCUT2D eigenvalue weighted by Gasteiger charge is -2.23. The first-order valence-electron chi connectivity index (χ1n) is 6.18. The molecule has 1 rings (SSSR count). The lowest BCUT2D eigenvalue weighted by molar-refractivity contribution is -0.126. The number of carbonyl (C=O) groups is 1. The Balaban J connectivity index is 2.65. The fraction of sp³-hybridized carbons (Fsp3) is 0.429. The van der Waals surface area contributed by atoms with E-state index in [0.717, 1.165) is 6.42 Å². The standard InChI is InChI=1S/C14H20N2O2S/c1-4-14(2,3)18-9-12(17)16-11-8-6-5-7-10(11)13(15)19/h5-8H,4,9H2,1-3H3,(H2,15,19)(H,16,17). The average molecular weight is 280 g/mol. The van der Waals surface area contributed by atoms with Crippen LogP contribution in [-0.4, -0.2) is 23.1 Å². The Morgan fingerprint density at radius 2 is 2.05 bits per heavy atom. The summed E-state index contributed by atoms with van der Waals surface area (Å²) in [7, 11) is 0. The van der Waals surface area contributed by atoms with E-state index in [1.165, 1.54) is 0 Å². The molecule has 1 aromatic rings. The van der Waals surface area contributed by atoms with Gasteiger partial charge in [-0.15, -0.1) is 0 Å². The van der Waals surface area contributed by atoms with E-state index >= 15 is 0 Å². The topological polar surface area (TPSA) is 64.3 Å². The molecule has 0 spiro atoms. The van der Waals surface area contributed by atoms with Crippen LogP contribution in [0.5, 0.6) is 0 Å². The maximum absolute atomic E-state index is 11.8. The lowest BCUT2D eigenvalue weighted by Crippen LogP contribution is -2.29. The van der Waals surface area contributed by atoms with Crippen molar-refractivity contribution in [1.29, 1.82) is 0 Å². The number of ether oxygens (including phenoxy) is 1. The second kappa shape index (κ2) is 6.63. The zero-order chi connectivity index (χ0) is 14.5. The number of benzene rings is 1. The Labute approximate surface area is 119 Å². The summed E-state index contributed by atoms with van der Waals surface area (Å²) in [4.78, 5) is 12.1. The summed E-state index contributed by atoms with van der Waals surface area (Å²) in [6.07, 6.45) is 0.837. The third-order valence-corrected chi connectivity index (χ3v) is 3.13. The van der Waals surface area contributed by atoms with Gasteiger partial charge in [0.15, 0.2) is 0 Å². The van der Waals surface area contributed by atoms with Crippen molar-refractivity contribution in [2.75, 3.05) is 11.9 Å². The molecule has 104 valence electrons. The summed E-state index contributed by atoms with van der Waals surface area (Å²) in [6.45, 7) is 5.92. The molecule has 0 saturated heterocycles. The molecule has 0 radical (unpaired) electrons. The Bertz CT molecular complexity index is 472. The summed E-state index contributed by atoms with van der Waals surface area (Å²) < 4.78 is 5.54. The number of anilines is 1. The maximum Gasteiger partial charge on any atom is 0.250 e. The second-order valence-corrected chi connectivity index (χ2v) is 5.30. The summed E-state index contributed by atoms with van der Waals surface area (Å²) in [5.41, 5.74) is 6.56.